The Labute approximate surface area is 102 Å². The van der Waals surface area contributed by atoms with Crippen molar-refractivity contribution in [3.8, 4) is 0 Å². The number of rotatable bonds is 5. The fourth-order valence-electron chi connectivity index (χ4n) is 1.18. The number of aryl methyl sites for hydroxylation is 1. The molecule has 0 radical (unpaired) electrons. The number of hydrogen-bond acceptors (Lipinski definition) is 6. The molecule has 0 fully saturated rings. The monoisotopic (exact) mass is 282 g/mol. The molecule has 0 heterocycles. The highest BCUT2D eigenvalue weighted by Gasteiger charge is 2.18. The van der Waals surface area contributed by atoms with Crippen molar-refractivity contribution < 1.29 is 26.3 Å². The summed E-state index contributed by atoms with van der Waals surface area (Å²) < 4.78 is 53.2. The van der Waals surface area contributed by atoms with Crippen LogP contribution >= 0.6 is 11.2 Å². The van der Waals surface area contributed by atoms with E-state index < -0.39 is 33.3 Å². The summed E-state index contributed by atoms with van der Waals surface area (Å²) in [7, 11) is -3.55. The minimum absolute atomic E-state index is 0.135. The van der Waals surface area contributed by atoms with Crippen LogP contribution in [0.15, 0.2) is 29.2 Å². The summed E-state index contributed by atoms with van der Waals surface area (Å²) in [6.07, 6.45) is 0. The third-order valence-corrected chi connectivity index (χ3v) is 4.10. The first-order valence-corrected chi connectivity index (χ1v) is 7.73. The van der Waals surface area contributed by atoms with Gasteiger partial charge in [-0.3, -0.25) is 17.8 Å². The van der Waals surface area contributed by atoms with Crippen LogP contribution < -0.4 is 0 Å². The van der Waals surface area contributed by atoms with Crippen LogP contribution in [-0.4, -0.2) is 34.4 Å². The lowest BCUT2D eigenvalue weighted by Gasteiger charge is -2.17. The van der Waals surface area contributed by atoms with Crippen LogP contribution in [0.1, 0.15) is 5.56 Å². The van der Waals surface area contributed by atoms with E-state index in [0.29, 0.717) is 0 Å². The maximum Gasteiger partial charge on any atom is 0.216 e. The Morgan fingerprint density at radius 2 is 1.88 bits per heavy atom. The van der Waals surface area contributed by atoms with E-state index in [9.17, 15) is 8.42 Å². The minimum atomic E-state index is -4.10. The van der Waals surface area contributed by atoms with Gasteiger partial charge in [-0.05, 0) is 24.6 Å². The van der Waals surface area contributed by atoms with Gasteiger partial charge in [0.05, 0.1) is 17.3 Å². The fourth-order valence-corrected chi connectivity index (χ4v) is 2.78. The summed E-state index contributed by atoms with van der Waals surface area (Å²) in [6, 6.07) is 6.33. The molecule has 0 aliphatic carbocycles. The van der Waals surface area contributed by atoms with Crippen molar-refractivity contribution in [2.45, 2.75) is 11.8 Å². The highest BCUT2D eigenvalue weighted by Crippen LogP contribution is 2.33. The molecule has 0 unspecified atom stereocenters. The van der Waals surface area contributed by atoms with E-state index in [1.807, 2.05) is 0 Å². The normalized spacial score (nSPS) is 13.6. The molecule has 17 heavy (non-hydrogen) atoms. The minimum Gasteiger partial charge on any atom is -0.287 e. The molecule has 0 spiro atoms. The summed E-state index contributed by atoms with van der Waals surface area (Å²) in [5.74, 6) is -0.438. The van der Waals surface area contributed by atoms with Crippen molar-refractivity contribution in [1.82, 2.24) is 0 Å². The standard InChI is InChI=1S/C9H14O6S2/c1-8-3-2-4-9(7-8)16(10,11)6-5-15-17(12,13)14/h2-4,7,12-14H,5-6H2,1H3. The third kappa shape index (κ3) is 5.02. The Kier molecular flexibility index (Phi) is 4.53. The molecule has 0 aliphatic heterocycles. The van der Waals surface area contributed by atoms with Gasteiger partial charge >= 0.3 is 0 Å². The highest BCUT2D eigenvalue weighted by molar-refractivity contribution is 8.15. The molecule has 0 saturated carbocycles. The largest absolute Gasteiger partial charge is 0.287 e. The van der Waals surface area contributed by atoms with Gasteiger partial charge in [0.1, 0.15) is 0 Å². The lowest BCUT2D eigenvalue weighted by atomic mass is 10.2. The molecular weight excluding hydrogens is 268 g/mol. The first-order chi connectivity index (χ1) is 7.71. The fraction of sp³-hybridized carbons (Fsp3) is 0.333. The van der Waals surface area contributed by atoms with Crippen molar-refractivity contribution in [3.63, 3.8) is 0 Å². The lowest BCUT2D eigenvalue weighted by Crippen LogP contribution is -2.14. The van der Waals surface area contributed by atoms with Gasteiger partial charge in [0.15, 0.2) is 9.84 Å². The van der Waals surface area contributed by atoms with E-state index >= 15 is 0 Å². The maximum atomic E-state index is 11.8. The Bertz CT molecular complexity index is 477. The van der Waals surface area contributed by atoms with Crippen LogP contribution in [0.25, 0.3) is 0 Å². The SMILES string of the molecule is Cc1cccc(S(=O)(=O)CCOS(O)(O)O)c1. The molecule has 1 aromatic rings. The lowest BCUT2D eigenvalue weighted by molar-refractivity contribution is 0.213. The molecule has 0 atom stereocenters. The number of hydrogen-bond donors (Lipinski definition) is 3. The van der Waals surface area contributed by atoms with Crippen molar-refractivity contribution in [2.24, 2.45) is 0 Å². The summed E-state index contributed by atoms with van der Waals surface area (Å²) in [6.45, 7) is 1.27. The average molecular weight is 282 g/mol. The van der Waals surface area contributed by atoms with E-state index in [4.69, 9.17) is 13.7 Å². The van der Waals surface area contributed by atoms with Gasteiger partial charge < -0.3 is 0 Å². The van der Waals surface area contributed by atoms with Crippen LogP contribution in [0, 0.1) is 6.92 Å². The molecular formula is C9H14O6S2. The topological polar surface area (TPSA) is 104 Å². The molecule has 3 N–H and O–H groups in total. The van der Waals surface area contributed by atoms with Gasteiger partial charge in [-0.1, -0.05) is 12.1 Å². The molecule has 6 nitrogen and oxygen atoms in total. The molecule has 98 valence electrons. The second kappa shape index (κ2) is 5.34. The first kappa shape index (κ1) is 14.4. The summed E-state index contributed by atoms with van der Waals surface area (Å²) in [4.78, 5) is 0.135. The quantitative estimate of drug-likeness (QED) is 0.762. The van der Waals surface area contributed by atoms with Gasteiger partial charge in [-0.25, -0.2) is 8.42 Å². The van der Waals surface area contributed by atoms with E-state index in [0.717, 1.165) is 5.56 Å². The van der Waals surface area contributed by atoms with Crippen LogP contribution in [0.5, 0.6) is 0 Å². The number of benzene rings is 1. The van der Waals surface area contributed by atoms with Crippen LogP contribution in [-0.2, 0) is 14.0 Å². The van der Waals surface area contributed by atoms with Gasteiger partial charge in [0.25, 0.3) is 0 Å². The van der Waals surface area contributed by atoms with Gasteiger partial charge in [0.2, 0.25) is 11.2 Å². The van der Waals surface area contributed by atoms with Crippen molar-refractivity contribution in [3.05, 3.63) is 29.8 Å². The molecule has 0 amide bonds. The van der Waals surface area contributed by atoms with Gasteiger partial charge in [0, 0.05) is 0 Å². The molecule has 0 bridgehead atoms. The highest BCUT2D eigenvalue weighted by atomic mass is 32.3. The van der Waals surface area contributed by atoms with Crippen LogP contribution in [0.3, 0.4) is 0 Å². The molecule has 8 heteroatoms. The van der Waals surface area contributed by atoms with Crippen LogP contribution in [0.4, 0.5) is 0 Å². The Morgan fingerprint density at radius 1 is 1.24 bits per heavy atom. The van der Waals surface area contributed by atoms with E-state index in [-0.39, 0.29) is 4.90 Å². The van der Waals surface area contributed by atoms with Gasteiger partial charge in [-0.2, -0.15) is 0 Å². The molecule has 0 saturated heterocycles. The zero-order valence-electron chi connectivity index (χ0n) is 9.11. The number of sulfone groups is 1. The first-order valence-electron chi connectivity index (χ1n) is 4.65. The maximum absolute atomic E-state index is 11.8. The molecule has 1 rings (SSSR count). The Balaban J connectivity index is 2.70. The Hall–Kier alpha value is -0.640. The van der Waals surface area contributed by atoms with Crippen molar-refractivity contribution in [1.29, 1.82) is 0 Å². The third-order valence-electron chi connectivity index (χ3n) is 1.94. The zero-order valence-corrected chi connectivity index (χ0v) is 10.7. The Morgan fingerprint density at radius 3 is 2.41 bits per heavy atom. The summed E-state index contributed by atoms with van der Waals surface area (Å²) >= 11 is -4.10. The van der Waals surface area contributed by atoms with E-state index in [1.165, 1.54) is 12.1 Å². The van der Waals surface area contributed by atoms with Gasteiger partial charge in [-0.15, -0.1) is 0 Å². The zero-order chi connectivity index (χ0) is 13.1. The summed E-state index contributed by atoms with van der Waals surface area (Å²) in [5, 5.41) is 0. The average Bonchev–Trinajstić information content (AvgIpc) is 2.15. The summed E-state index contributed by atoms with van der Waals surface area (Å²) in [5.41, 5.74) is 0.804. The van der Waals surface area contributed by atoms with Crippen molar-refractivity contribution >= 4 is 21.0 Å². The molecule has 1 aromatic carbocycles. The second-order valence-corrected chi connectivity index (χ2v) is 6.71. The molecule has 0 aliphatic rings. The van der Waals surface area contributed by atoms with Crippen LogP contribution in [0.2, 0.25) is 0 Å². The smallest absolute Gasteiger partial charge is 0.216 e. The second-order valence-electron chi connectivity index (χ2n) is 3.43. The molecule has 0 aromatic heterocycles. The predicted octanol–water partition coefficient (Wildman–Crippen LogP) is 1.92. The van der Waals surface area contributed by atoms with Crippen molar-refractivity contribution in [2.75, 3.05) is 12.4 Å². The van der Waals surface area contributed by atoms with E-state index in [2.05, 4.69) is 4.18 Å². The van der Waals surface area contributed by atoms with E-state index in [1.54, 1.807) is 19.1 Å². The predicted molar refractivity (Wildman–Crippen MR) is 64.7 cm³/mol.